The van der Waals surface area contributed by atoms with Crippen molar-refractivity contribution in [3.05, 3.63) is 11.7 Å². The van der Waals surface area contributed by atoms with Crippen LogP contribution < -0.4 is 0 Å². The zero-order valence-corrected chi connectivity index (χ0v) is 7.30. The van der Waals surface area contributed by atoms with E-state index >= 15 is 0 Å². The van der Waals surface area contributed by atoms with E-state index in [-0.39, 0.29) is 11.8 Å². The molecule has 70 valence electrons. The Morgan fingerprint density at radius 2 is 2.17 bits per heavy atom. The summed E-state index contributed by atoms with van der Waals surface area (Å²) in [7, 11) is -4.69. The number of carbonyl (C=O) groups is 1. The van der Waals surface area contributed by atoms with Gasteiger partial charge >= 0.3 is 16.2 Å². The summed E-state index contributed by atoms with van der Waals surface area (Å²) in [5.41, 5.74) is 0. The third kappa shape index (κ3) is 7.20. The molecule has 0 saturated carbocycles. The Bertz CT molecular complexity index is 267. The van der Waals surface area contributed by atoms with Crippen LogP contribution in [0, 0.1) is 0 Å². The van der Waals surface area contributed by atoms with Gasteiger partial charge in [-0.3, -0.25) is 4.79 Å². The standard InChI is InChI=1S/C6H9FO4S/c1-2-3-6(8)11-4-5-12(7,9)10/h4-5H,2-3H2,1H3/b5-4+. The molecule has 0 heterocycles. The molecule has 0 aromatic carbocycles. The first-order valence-corrected chi connectivity index (χ1v) is 4.71. The smallest absolute Gasteiger partial charge is 0.328 e. The summed E-state index contributed by atoms with van der Waals surface area (Å²) in [4.78, 5) is 10.5. The van der Waals surface area contributed by atoms with Gasteiger partial charge in [-0.25, -0.2) is 0 Å². The first-order chi connectivity index (χ1) is 5.45. The zero-order valence-electron chi connectivity index (χ0n) is 6.49. The maximum absolute atomic E-state index is 11.7. The van der Waals surface area contributed by atoms with E-state index in [0.29, 0.717) is 12.7 Å². The third-order valence-corrected chi connectivity index (χ3v) is 1.31. The summed E-state index contributed by atoms with van der Waals surface area (Å²) >= 11 is 0. The van der Waals surface area contributed by atoms with E-state index in [1.165, 1.54) is 0 Å². The maximum Gasteiger partial charge on any atom is 0.328 e. The first kappa shape index (κ1) is 11.1. The fraction of sp³-hybridized carbons (Fsp3) is 0.500. The minimum Gasteiger partial charge on any atom is -0.434 e. The van der Waals surface area contributed by atoms with Crippen LogP contribution in [0.2, 0.25) is 0 Å². The van der Waals surface area contributed by atoms with Crippen LogP contribution in [0.5, 0.6) is 0 Å². The molecule has 0 unspecified atom stereocenters. The number of rotatable bonds is 4. The van der Waals surface area contributed by atoms with Crippen molar-refractivity contribution in [1.82, 2.24) is 0 Å². The molecule has 0 aromatic rings. The van der Waals surface area contributed by atoms with Crippen LogP contribution >= 0.6 is 0 Å². The molecule has 4 nitrogen and oxygen atoms in total. The van der Waals surface area contributed by atoms with Crippen LogP contribution in [0.25, 0.3) is 0 Å². The molecular formula is C6H9FO4S. The van der Waals surface area contributed by atoms with E-state index in [4.69, 9.17) is 0 Å². The van der Waals surface area contributed by atoms with Crippen molar-refractivity contribution in [2.24, 2.45) is 0 Å². The zero-order chi connectivity index (χ0) is 9.61. The molecule has 0 rings (SSSR count). The van der Waals surface area contributed by atoms with Gasteiger partial charge in [0.05, 0.1) is 5.41 Å². The van der Waals surface area contributed by atoms with E-state index in [0.717, 1.165) is 0 Å². The Hall–Kier alpha value is -0.910. The van der Waals surface area contributed by atoms with Gasteiger partial charge in [0.25, 0.3) is 0 Å². The van der Waals surface area contributed by atoms with Crippen molar-refractivity contribution < 1.29 is 21.8 Å². The number of halogens is 1. The van der Waals surface area contributed by atoms with Gasteiger partial charge in [-0.1, -0.05) is 6.92 Å². The Labute approximate surface area is 70.2 Å². The minimum atomic E-state index is -4.69. The summed E-state index contributed by atoms with van der Waals surface area (Å²) in [5, 5.41) is 0.181. The molecule has 0 aliphatic rings. The van der Waals surface area contributed by atoms with Gasteiger partial charge in [0.2, 0.25) is 0 Å². The quantitative estimate of drug-likeness (QED) is 0.384. The van der Waals surface area contributed by atoms with Gasteiger partial charge in [-0.05, 0) is 6.42 Å². The van der Waals surface area contributed by atoms with Crippen LogP contribution in [-0.4, -0.2) is 14.4 Å². The average Bonchev–Trinajstić information content (AvgIpc) is 1.84. The molecule has 0 N–H and O–H groups in total. The van der Waals surface area contributed by atoms with Crippen LogP contribution in [-0.2, 0) is 19.8 Å². The Balaban J connectivity index is 3.84. The Kier molecular flexibility index (Phi) is 4.50. The Morgan fingerprint density at radius 3 is 2.58 bits per heavy atom. The average molecular weight is 196 g/mol. The summed E-state index contributed by atoms with van der Waals surface area (Å²) in [5.74, 6) is -0.586. The van der Waals surface area contributed by atoms with Crippen molar-refractivity contribution in [3.63, 3.8) is 0 Å². The summed E-state index contributed by atoms with van der Waals surface area (Å²) in [6.45, 7) is 1.76. The van der Waals surface area contributed by atoms with E-state index in [1.54, 1.807) is 6.92 Å². The minimum absolute atomic E-state index is 0.177. The summed E-state index contributed by atoms with van der Waals surface area (Å²) in [6, 6.07) is 0. The van der Waals surface area contributed by atoms with Gasteiger partial charge < -0.3 is 4.74 Å². The van der Waals surface area contributed by atoms with Gasteiger partial charge in [0, 0.05) is 6.42 Å². The van der Waals surface area contributed by atoms with Gasteiger partial charge in [-0.15, -0.1) is 3.89 Å². The molecule has 0 saturated heterocycles. The molecular weight excluding hydrogens is 187 g/mol. The Morgan fingerprint density at radius 1 is 1.58 bits per heavy atom. The highest BCUT2D eigenvalue weighted by Gasteiger charge is 2.01. The SMILES string of the molecule is CCCC(=O)O/C=C/S(=O)(=O)F. The van der Waals surface area contributed by atoms with Crippen LogP contribution in [0.15, 0.2) is 11.7 Å². The summed E-state index contributed by atoms with van der Waals surface area (Å²) < 4.78 is 35.6. The third-order valence-electron chi connectivity index (χ3n) is 0.872. The molecule has 0 amide bonds. The second-order valence-electron chi connectivity index (χ2n) is 1.99. The van der Waals surface area contributed by atoms with E-state index in [9.17, 15) is 17.1 Å². The maximum atomic E-state index is 11.7. The van der Waals surface area contributed by atoms with E-state index in [2.05, 4.69) is 4.74 Å². The largest absolute Gasteiger partial charge is 0.434 e. The number of esters is 1. The van der Waals surface area contributed by atoms with Gasteiger partial charge in [-0.2, -0.15) is 8.42 Å². The van der Waals surface area contributed by atoms with Crippen LogP contribution in [0.4, 0.5) is 3.89 Å². The predicted molar refractivity (Wildman–Crippen MR) is 40.2 cm³/mol. The van der Waals surface area contributed by atoms with Crippen molar-refractivity contribution in [3.8, 4) is 0 Å². The number of carbonyl (C=O) groups excluding carboxylic acids is 1. The highest BCUT2D eigenvalue weighted by molar-refractivity contribution is 7.89. The lowest BCUT2D eigenvalue weighted by atomic mass is 10.3. The van der Waals surface area contributed by atoms with E-state index in [1.807, 2.05) is 0 Å². The number of hydrogen-bond donors (Lipinski definition) is 0. The molecule has 0 aromatic heterocycles. The van der Waals surface area contributed by atoms with Crippen molar-refractivity contribution >= 4 is 16.2 Å². The first-order valence-electron chi connectivity index (χ1n) is 3.26. The fourth-order valence-electron chi connectivity index (χ4n) is 0.433. The van der Waals surface area contributed by atoms with Gasteiger partial charge in [0.15, 0.2) is 0 Å². The molecule has 0 radical (unpaired) electrons. The second kappa shape index (κ2) is 4.87. The molecule has 0 aliphatic carbocycles. The predicted octanol–water partition coefficient (Wildman–Crippen LogP) is 1.10. The van der Waals surface area contributed by atoms with Crippen LogP contribution in [0.3, 0.4) is 0 Å². The van der Waals surface area contributed by atoms with Gasteiger partial charge in [0.1, 0.15) is 6.26 Å². The summed E-state index contributed by atoms with van der Waals surface area (Å²) in [6.07, 6.45) is 1.29. The van der Waals surface area contributed by atoms with Crippen LogP contribution in [0.1, 0.15) is 19.8 Å². The molecule has 12 heavy (non-hydrogen) atoms. The molecule has 0 aliphatic heterocycles. The van der Waals surface area contributed by atoms with Crippen molar-refractivity contribution in [1.29, 1.82) is 0 Å². The molecule has 0 spiro atoms. The lowest BCUT2D eigenvalue weighted by molar-refractivity contribution is -0.138. The van der Waals surface area contributed by atoms with Crippen molar-refractivity contribution in [2.75, 3.05) is 0 Å². The molecule has 0 bridgehead atoms. The number of ether oxygens (including phenoxy) is 1. The molecule has 0 atom stereocenters. The lowest BCUT2D eigenvalue weighted by Gasteiger charge is -1.93. The number of hydrogen-bond acceptors (Lipinski definition) is 4. The van der Waals surface area contributed by atoms with E-state index < -0.39 is 16.2 Å². The fourth-order valence-corrected chi connectivity index (χ4v) is 0.621. The highest BCUT2D eigenvalue weighted by atomic mass is 32.3. The topological polar surface area (TPSA) is 60.4 Å². The normalized spacial score (nSPS) is 11.8. The lowest BCUT2D eigenvalue weighted by Crippen LogP contribution is -1.98. The molecule has 6 heteroatoms. The van der Waals surface area contributed by atoms with Crippen molar-refractivity contribution in [2.45, 2.75) is 19.8 Å². The monoisotopic (exact) mass is 196 g/mol. The highest BCUT2D eigenvalue weighted by Crippen LogP contribution is 1.95. The molecule has 0 fully saturated rings. The second-order valence-corrected chi connectivity index (χ2v) is 3.21.